The summed E-state index contributed by atoms with van der Waals surface area (Å²) >= 11 is 0. The lowest BCUT2D eigenvalue weighted by Gasteiger charge is -2.17. The average molecular weight is 289 g/mol. The van der Waals surface area contributed by atoms with Gasteiger partial charge in [-0.25, -0.2) is 4.68 Å². The first-order valence-electron chi connectivity index (χ1n) is 7.33. The molecule has 1 aliphatic rings. The van der Waals surface area contributed by atoms with Crippen LogP contribution in [-0.2, 0) is 6.42 Å². The Hall–Kier alpha value is -2.88. The first-order chi connectivity index (χ1) is 10.8. The van der Waals surface area contributed by atoms with Crippen molar-refractivity contribution in [3.8, 4) is 5.69 Å². The molecule has 0 atom stereocenters. The quantitative estimate of drug-likeness (QED) is 0.727. The molecule has 0 saturated heterocycles. The molecule has 2 aromatic carbocycles. The van der Waals surface area contributed by atoms with E-state index in [1.807, 2.05) is 59.6 Å². The summed E-state index contributed by atoms with van der Waals surface area (Å²) in [5.74, 6) is 0.0527. The fraction of sp³-hybridized carbons (Fsp3) is 0.111. The highest BCUT2D eigenvalue weighted by molar-refractivity contribution is 6.07. The van der Waals surface area contributed by atoms with Gasteiger partial charge in [-0.3, -0.25) is 4.79 Å². The van der Waals surface area contributed by atoms with Crippen molar-refractivity contribution >= 4 is 11.6 Å². The van der Waals surface area contributed by atoms with Gasteiger partial charge in [0, 0.05) is 30.2 Å². The molecule has 0 bridgehead atoms. The van der Waals surface area contributed by atoms with Crippen LogP contribution in [0.3, 0.4) is 0 Å². The molecule has 0 spiro atoms. The van der Waals surface area contributed by atoms with Gasteiger partial charge in [0.05, 0.1) is 5.69 Å². The van der Waals surface area contributed by atoms with Crippen molar-refractivity contribution in [3.63, 3.8) is 0 Å². The van der Waals surface area contributed by atoms with Gasteiger partial charge in [0.25, 0.3) is 5.91 Å². The topological polar surface area (TPSA) is 38.1 Å². The van der Waals surface area contributed by atoms with Gasteiger partial charge in [0.1, 0.15) is 0 Å². The van der Waals surface area contributed by atoms with Crippen molar-refractivity contribution in [2.45, 2.75) is 6.42 Å². The van der Waals surface area contributed by atoms with Crippen molar-refractivity contribution < 1.29 is 4.79 Å². The number of hydrogen-bond acceptors (Lipinski definition) is 2. The number of aromatic nitrogens is 2. The second-order valence-corrected chi connectivity index (χ2v) is 5.33. The number of rotatable bonds is 2. The number of hydrogen-bond donors (Lipinski definition) is 0. The predicted molar refractivity (Wildman–Crippen MR) is 85.4 cm³/mol. The normalized spacial score (nSPS) is 13.2. The van der Waals surface area contributed by atoms with E-state index in [2.05, 4.69) is 11.2 Å². The molecule has 0 aliphatic carbocycles. The summed E-state index contributed by atoms with van der Waals surface area (Å²) in [6, 6.07) is 17.5. The lowest BCUT2D eigenvalue weighted by atomic mass is 10.1. The maximum Gasteiger partial charge on any atom is 0.258 e. The molecule has 1 aliphatic heterocycles. The van der Waals surface area contributed by atoms with Crippen molar-refractivity contribution in [2.75, 3.05) is 11.4 Å². The monoisotopic (exact) mass is 289 g/mol. The SMILES string of the molecule is O=C(c1ccc(-n2cccn2)cc1)N1CCc2ccccc21. The third kappa shape index (κ3) is 2.09. The number of nitrogens with zero attached hydrogens (tertiary/aromatic N) is 3. The average Bonchev–Trinajstić information content (AvgIpc) is 3.24. The summed E-state index contributed by atoms with van der Waals surface area (Å²) in [6.07, 6.45) is 4.54. The zero-order valence-electron chi connectivity index (χ0n) is 12.0. The zero-order valence-corrected chi connectivity index (χ0v) is 12.0. The van der Waals surface area contributed by atoms with Crippen molar-refractivity contribution in [2.24, 2.45) is 0 Å². The Morgan fingerprint density at radius 3 is 2.59 bits per heavy atom. The molecule has 0 N–H and O–H groups in total. The van der Waals surface area contributed by atoms with Crippen LogP contribution in [0.1, 0.15) is 15.9 Å². The highest BCUT2D eigenvalue weighted by atomic mass is 16.2. The molecule has 108 valence electrons. The minimum absolute atomic E-state index is 0.0527. The summed E-state index contributed by atoms with van der Waals surface area (Å²) in [5.41, 5.74) is 3.92. The summed E-state index contributed by atoms with van der Waals surface area (Å²) in [6.45, 7) is 0.749. The third-order valence-electron chi connectivity index (χ3n) is 4.02. The van der Waals surface area contributed by atoms with Gasteiger partial charge >= 0.3 is 0 Å². The van der Waals surface area contributed by atoms with Crippen LogP contribution in [0.15, 0.2) is 67.0 Å². The van der Waals surface area contributed by atoms with Gasteiger partial charge < -0.3 is 4.90 Å². The standard InChI is InChI=1S/C18H15N3O/c22-18(20-13-10-14-4-1-2-5-17(14)20)15-6-8-16(9-7-15)21-12-3-11-19-21/h1-9,11-12H,10,13H2. The van der Waals surface area contributed by atoms with E-state index in [0.717, 1.165) is 24.3 Å². The number of carbonyl (C=O) groups is 1. The zero-order chi connectivity index (χ0) is 14.9. The van der Waals surface area contributed by atoms with Crippen LogP contribution < -0.4 is 4.90 Å². The fourth-order valence-electron chi connectivity index (χ4n) is 2.88. The van der Waals surface area contributed by atoms with Crippen molar-refractivity contribution in [1.29, 1.82) is 0 Å². The summed E-state index contributed by atoms with van der Waals surface area (Å²) < 4.78 is 1.78. The number of anilines is 1. The van der Waals surface area contributed by atoms with E-state index in [-0.39, 0.29) is 5.91 Å². The molecule has 0 saturated carbocycles. The van der Waals surface area contributed by atoms with E-state index in [4.69, 9.17) is 0 Å². The van der Waals surface area contributed by atoms with E-state index in [1.54, 1.807) is 10.9 Å². The van der Waals surface area contributed by atoms with Gasteiger partial charge in [-0.05, 0) is 48.4 Å². The molecule has 2 heterocycles. The Bertz CT molecular complexity index is 807. The van der Waals surface area contributed by atoms with Crippen LogP contribution in [0.25, 0.3) is 5.69 Å². The molecule has 3 aromatic rings. The minimum atomic E-state index is 0.0527. The van der Waals surface area contributed by atoms with Crippen LogP contribution in [0, 0.1) is 0 Å². The van der Waals surface area contributed by atoms with Gasteiger partial charge in [0.15, 0.2) is 0 Å². The molecule has 0 fully saturated rings. The number of benzene rings is 2. The van der Waals surface area contributed by atoms with Gasteiger partial charge in [-0.1, -0.05) is 18.2 Å². The van der Waals surface area contributed by atoms with E-state index in [9.17, 15) is 4.79 Å². The molecule has 1 aromatic heterocycles. The number of carbonyl (C=O) groups excluding carboxylic acids is 1. The summed E-state index contributed by atoms with van der Waals surface area (Å²) in [4.78, 5) is 14.6. The number of fused-ring (bicyclic) bond motifs is 1. The van der Waals surface area contributed by atoms with Gasteiger partial charge in [-0.2, -0.15) is 5.10 Å². The number of para-hydroxylation sites is 1. The highest BCUT2D eigenvalue weighted by Gasteiger charge is 2.24. The van der Waals surface area contributed by atoms with Crippen LogP contribution in [0.2, 0.25) is 0 Å². The van der Waals surface area contributed by atoms with Crippen LogP contribution in [-0.4, -0.2) is 22.2 Å². The van der Waals surface area contributed by atoms with Crippen molar-refractivity contribution in [1.82, 2.24) is 9.78 Å². The molecular formula is C18H15N3O. The minimum Gasteiger partial charge on any atom is -0.308 e. The molecule has 0 unspecified atom stereocenters. The molecule has 0 radical (unpaired) electrons. The fourth-order valence-corrected chi connectivity index (χ4v) is 2.88. The first kappa shape index (κ1) is 12.8. The molecule has 1 amide bonds. The smallest absolute Gasteiger partial charge is 0.258 e. The molecule has 22 heavy (non-hydrogen) atoms. The lowest BCUT2D eigenvalue weighted by molar-refractivity contribution is 0.0989. The maximum atomic E-state index is 12.7. The molecule has 4 heteroatoms. The third-order valence-corrected chi connectivity index (χ3v) is 4.02. The van der Waals surface area contributed by atoms with E-state index >= 15 is 0 Å². The second kappa shape index (κ2) is 5.15. The Labute approximate surface area is 128 Å². The molecular weight excluding hydrogens is 274 g/mol. The Balaban J connectivity index is 1.61. The molecule has 4 rings (SSSR count). The Kier molecular flexibility index (Phi) is 3.00. The second-order valence-electron chi connectivity index (χ2n) is 5.33. The highest BCUT2D eigenvalue weighted by Crippen LogP contribution is 2.28. The number of amides is 1. The van der Waals surface area contributed by atoms with Crippen molar-refractivity contribution in [3.05, 3.63) is 78.1 Å². The van der Waals surface area contributed by atoms with E-state index < -0.39 is 0 Å². The predicted octanol–water partition coefficient (Wildman–Crippen LogP) is 3.08. The maximum absolute atomic E-state index is 12.7. The van der Waals surface area contributed by atoms with Crippen LogP contribution in [0.5, 0.6) is 0 Å². The summed E-state index contributed by atoms with van der Waals surface area (Å²) in [7, 11) is 0. The van der Waals surface area contributed by atoms with E-state index in [1.165, 1.54) is 5.56 Å². The Morgan fingerprint density at radius 1 is 1.00 bits per heavy atom. The lowest BCUT2D eigenvalue weighted by Crippen LogP contribution is -2.28. The Morgan fingerprint density at radius 2 is 1.82 bits per heavy atom. The van der Waals surface area contributed by atoms with Crippen LogP contribution >= 0.6 is 0 Å². The largest absolute Gasteiger partial charge is 0.308 e. The summed E-state index contributed by atoms with van der Waals surface area (Å²) in [5, 5.41) is 4.19. The first-order valence-corrected chi connectivity index (χ1v) is 7.33. The van der Waals surface area contributed by atoms with Crippen LogP contribution in [0.4, 0.5) is 5.69 Å². The van der Waals surface area contributed by atoms with E-state index in [0.29, 0.717) is 5.56 Å². The van der Waals surface area contributed by atoms with Gasteiger partial charge in [-0.15, -0.1) is 0 Å². The van der Waals surface area contributed by atoms with Gasteiger partial charge in [0.2, 0.25) is 0 Å². The molecule has 4 nitrogen and oxygen atoms in total.